The van der Waals surface area contributed by atoms with Crippen molar-refractivity contribution in [3.63, 3.8) is 0 Å². The molecule has 1 N–H and O–H groups in total. The lowest BCUT2D eigenvalue weighted by Crippen LogP contribution is -2.02. The minimum absolute atomic E-state index is 0.0599. The summed E-state index contributed by atoms with van der Waals surface area (Å²) in [6.45, 7) is 0.0709. The molecular formula is C14H17NO5. The van der Waals surface area contributed by atoms with Crippen molar-refractivity contribution in [3.8, 4) is 11.5 Å². The van der Waals surface area contributed by atoms with Crippen LogP contribution < -0.4 is 9.47 Å². The van der Waals surface area contributed by atoms with Crippen LogP contribution in [0.3, 0.4) is 0 Å². The molecular weight excluding hydrogens is 262 g/mol. The highest BCUT2D eigenvalue weighted by molar-refractivity contribution is 6.04. The highest BCUT2D eigenvalue weighted by Crippen LogP contribution is 2.35. The van der Waals surface area contributed by atoms with Gasteiger partial charge in [0.1, 0.15) is 6.61 Å². The van der Waals surface area contributed by atoms with E-state index in [1.165, 1.54) is 0 Å². The molecule has 0 atom stereocenters. The predicted molar refractivity (Wildman–Crippen MR) is 72.6 cm³/mol. The van der Waals surface area contributed by atoms with E-state index in [0.29, 0.717) is 11.5 Å². The van der Waals surface area contributed by atoms with Crippen molar-refractivity contribution in [1.82, 2.24) is 0 Å². The molecule has 2 rings (SSSR count). The second-order valence-corrected chi connectivity index (χ2v) is 4.38. The van der Waals surface area contributed by atoms with Gasteiger partial charge in [-0.05, 0) is 30.5 Å². The number of ether oxygens (including phenoxy) is 2. The molecule has 0 spiro atoms. The summed E-state index contributed by atoms with van der Waals surface area (Å²) < 4.78 is 10.5. The van der Waals surface area contributed by atoms with Gasteiger partial charge in [0.2, 0.25) is 0 Å². The molecule has 1 aromatic rings. The Morgan fingerprint density at radius 1 is 1.25 bits per heavy atom. The van der Waals surface area contributed by atoms with Crippen molar-refractivity contribution in [3.05, 3.63) is 23.3 Å². The monoisotopic (exact) mass is 279 g/mol. The summed E-state index contributed by atoms with van der Waals surface area (Å²) in [7, 11) is 3.18. The topological polar surface area (TPSA) is 77.3 Å². The zero-order chi connectivity index (χ0) is 14.5. The number of rotatable bonds is 6. The Hall–Kier alpha value is -2.24. The van der Waals surface area contributed by atoms with Crippen molar-refractivity contribution >= 4 is 11.7 Å². The van der Waals surface area contributed by atoms with Gasteiger partial charge in [-0.25, -0.2) is 0 Å². The van der Waals surface area contributed by atoms with E-state index in [9.17, 15) is 4.79 Å². The first-order chi connectivity index (χ1) is 9.65. The maximum atomic E-state index is 10.4. The van der Waals surface area contributed by atoms with Crippen molar-refractivity contribution < 1.29 is 24.2 Å². The number of fused-ring (bicyclic) bond motifs is 1. The van der Waals surface area contributed by atoms with Gasteiger partial charge in [0.15, 0.2) is 11.5 Å². The van der Waals surface area contributed by atoms with Crippen LogP contribution in [-0.2, 0) is 16.1 Å². The SMILES string of the molecule is COc1cc2c(cc1OC)/C(=N\OCCC(=O)O)CC2. The number of methoxy groups -OCH3 is 2. The molecule has 0 aromatic heterocycles. The third kappa shape index (κ3) is 3.01. The smallest absolute Gasteiger partial charge is 0.306 e. The number of oxime groups is 1. The Morgan fingerprint density at radius 3 is 2.60 bits per heavy atom. The molecule has 1 aromatic carbocycles. The van der Waals surface area contributed by atoms with Crippen LogP contribution in [0.15, 0.2) is 17.3 Å². The maximum absolute atomic E-state index is 10.4. The van der Waals surface area contributed by atoms with Gasteiger partial charge in [0.25, 0.3) is 0 Å². The van der Waals surface area contributed by atoms with Gasteiger partial charge in [0, 0.05) is 5.56 Å². The lowest BCUT2D eigenvalue weighted by molar-refractivity contribution is -0.138. The van der Waals surface area contributed by atoms with Gasteiger partial charge >= 0.3 is 5.97 Å². The first-order valence-electron chi connectivity index (χ1n) is 6.31. The number of carboxylic acids is 1. The molecule has 1 aliphatic carbocycles. The number of hydrogen-bond acceptors (Lipinski definition) is 5. The van der Waals surface area contributed by atoms with Gasteiger partial charge < -0.3 is 19.4 Å². The Labute approximate surface area is 116 Å². The second-order valence-electron chi connectivity index (χ2n) is 4.38. The molecule has 0 fully saturated rings. The molecule has 6 nitrogen and oxygen atoms in total. The molecule has 0 radical (unpaired) electrons. The van der Waals surface area contributed by atoms with Crippen molar-refractivity contribution in [2.75, 3.05) is 20.8 Å². The number of benzene rings is 1. The highest BCUT2D eigenvalue weighted by atomic mass is 16.6. The summed E-state index contributed by atoms with van der Waals surface area (Å²) in [5, 5.41) is 12.6. The predicted octanol–water partition coefficient (Wildman–Crippen LogP) is 1.85. The fourth-order valence-corrected chi connectivity index (χ4v) is 2.14. The van der Waals surface area contributed by atoms with Crippen molar-refractivity contribution in [1.29, 1.82) is 0 Å². The highest BCUT2D eigenvalue weighted by Gasteiger charge is 2.21. The van der Waals surface area contributed by atoms with Crippen LogP contribution >= 0.6 is 0 Å². The van der Waals surface area contributed by atoms with E-state index in [-0.39, 0.29) is 13.0 Å². The number of carboxylic acid groups (broad SMARTS) is 1. The van der Waals surface area contributed by atoms with Crippen molar-refractivity contribution in [2.24, 2.45) is 5.16 Å². The third-order valence-electron chi connectivity index (χ3n) is 3.13. The summed E-state index contributed by atoms with van der Waals surface area (Å²) in [5.74, 6) is 0.439. The molecule has 0 bridgehead atoms. The lowest BCUT2D eigenvalue weighted by atomic mass is 10.1. The van der Waals surface area contributed by atoms with Crippen LogP contribution in [0.1, 0.15) is 24.0 Å². The van der Waals surface area contributed by atoms with E-state index in [1.807, 2.05) is 12.1 Å². The molecule has 0 amide bonds. The first kappa shape index (κ1) is 14.2. The quantitative estimate of drug-likeness (QED) is 0.635. The van der Waals surface area contributed by atoms with E-state index >= 15 is 0 Å². The number of aliphatic carboxylic acids is 1. The van der Waals surface area contributed by atoms with Crippen LogP contribution in [0.5, 0.6) is 11.5 Å². The van der Waals surface area contributed by atoms with E-state index in [1.54, 1.807) is 14.2 Å². The van der Waals surface area contributed by atoms with Gasteiger partial charge in [-0.3, -0.25) is 4.79 Å². The normalized spacial score (nSPS) is 15.0. The first-order valence-corrected chi connectivity index (χ1v) is 6.31. The Balaban J connectivity index is 2.15. The molecule has 0 aliphatic heterocycles. The molecule has 20 heavy (non-hydrogen) atoms. The fourth-order valence-electron chi connectivity index (χ4n) is 2.14. The Bertz CT molecular complexity index is 539. The molecule has 6 heteroatoms. The number of carbonyl (C=O) groups is 1. The third-order valence-corrected chi connectivity index (χ3v) is 3.13. The molecule has 1 aliphatic rings. The van der Waals surface area contributed by atoms with E-state index in [4.69, 9.17) is 19.4 Å². The van der Waals surface area contributed by atoms with Crippen molar-refractivity contribution in [2.45, 2.75) is 19.3 Å². The summed E-state index contributed by atoms with van der Waals surface area (Å²) in [4.78, 5) is 15.4. The van der Waals surface area contributed by atoms with E-state index < -0.39 is 5.97 Å². The standard InChI is InChI=1S/C14H17NO5/c1-18-12-7-9-3-4-11(10(9)8-13(12)19-2)15-20-6-5-14(16)17/h7-8H,3-6H2,1-2H3,(H,16,17)/b15-11-. The number of nitrogens with zero attached hydrogens (tertiary/aromatic N) is 1. The van der Waals surface area contributed by atoms with Crippen LogP contribution in [0.25, 0.3) is 0 Å². The summed E-state index contributed by atoms with van der Waals surface area (Å²) in [6, 6.07) is 3.81. The van der Waals surface area contributed by atoms with E-state index in [0.717, 1.165) is 29.7 Å². The molecule has 0 heterocycles. The Morgan fingerprint density at radius 2 is 1.95 bits per heavy atom. The maximum Gasteiger partial charge on any atom is 0.306 e. The van der Waals surface area contributed by atoms with Crippen LogP contribution in [0.4, 0.5) is 0 Å². The van der Waals surface area contributed by atoms with Gasteiger partial charge in [-0.15, -0.1) is 0 Å². The summed E-state index contributed by atoms with van der Waals surface area (Å²) in [6.07, 6.45) is 1.56. The summed E-state index contributed by atoms with van der Waals surface area (Å²) in [5.41, 5.74) is 2.91. The van der Waals surface area contributed by atoms with Gasteiger partial charge in [-0.2, -0.15) is 0 Å². The van der Waals surface area contributed by atoms with E-state index in [2.05, 4.69) is 5.16 Å². The second kappa shape index (κ2) is 6.27. The largest absolute Gasteiger partial charge is 0.493 e. The molecule has 0 saturated heterocycles. The summed E-state index contributed by atoms with van der Waals surface area (Å²) >= 11 is 0. The van der Waals surface area contributed by atoms with Gasteiger partial charge in [0.05, 0.1) is 26.4 Å². The number of hydrogen-bond donors (Lipinski definition) is 1. The minimum atomic E-state index is -0.900. The Kier molecular flexibility index (Phi) is 4.45. The average molecular weight is 279 g/mol. The fraction of sp³-hybridized carbons (Fsp3) is 0.429. The average Bonchev–Trinajstić information content (AvgIpc) is 2.84. The lowest BCUT2D eigenvalue weighted by Gasteiger charge is -2.10. The van der Waals surface area contributed by atoms with Crippen LogP contribution in [-0.4, -0.2) is 37.6 Å². The molecule has 108 valence electrons. The molecule has 0 saturated carbocycles. The molecule has 0 unspecified atom stereocenters. The minimum Gasteiger partial charge on any atom is -0.493 e. The van der Waals surface area contributed by atoms with Crippen LogP contribution in [0, 0.1) is 0 Å². The zero-order valence-corrected chi connectivity index (χ0v) is 11.5. The number of aryl methyl sites for hydroxylation is 1. The van der Waals surface area contributed by atoms with Crippen LogP contribution in [0.2, 0.25) is 0 Å². The van der Waals surface area contributed by atoms with Gasteiger partial charge in [-0.1, -0.05) is 5.16 Å². The zero-order valence-electron chi connectivity index (χ0n) is 11.5.